The fourth-order valence-electron chi connectivity index (χ4n) is 2.75. The van der Waals surface area contributed by atoms with Gasteiger partial charge in [0, 0.05) is 11.1 Å². The standard InChI is InChI=1S/C23H20N2O4/c26-22(19-14-8-3-9-15-19)24-21(18-12-6-2-7-13-18)23(27)29-16-20(25-28)17-10-4-1-5-11-17/h1-15,21,28H,16H2,(H,24,26)/t21-/m1/s1. The molecule has 1 atom stereocenters. The number of carbonyl (C=O) groups excluding carboxylic acids is 2. The third-order valence-electron chi connectivity index (χ3n) is 4.26. The summed E-state index contributed by atoms with van der Waals surface area (Å²) in [5, 5.41) is 15.2. The molecule has 2 N–H and O–H groups in total. The fraction of sp³-hybridized carbons (Fsp3) is 0.0870. The Morgan fingerprint density at radius 1 is 0.828 bits per heavy atom. The summed E-state index contributed by atoms with van der Waals surface area (Å²) >= 11 is 0. The molecule has 0 fully saturated rings. The molecule has 6 heteroatoms. The Labute approximate surface area is 168 Å². The first-order valence-electron chi connectivity index (χ1n) is 9.03. The van der Waals surface area contributed by atoms with E-state index in [1.165, 1.54) is 0 Å². The van der Waals surface area contributed by atoms with Gasteiger partial charge in [-0.25, -0.2) is 4.79 Å². The molecule has 0 radical (unpaired) electrons. The van der Waals surface area contributed by atoms with Crippen LogP contribution in [0.4, 0.5) is 0 Å². The fourth-order valence-corrected chi connectivity index (χ4v) is 2.75. The van der Waals surface area contributed by atoms with Gasteiger partial charge in [0.15, 0.2) is 6.04 Å². The Kier molecular flexibility index (Phi) is 6.73. The molecule has 3 rings (SSSR count). The van der Waals surface area contributed by atoms with Crippen LogP contribution in [-0.4, -0.2) is 29.4 Å². The first-order chi connectivity index (χ1) is 14.2. The van der Waals surface area contributed by atoms with Crippen molar-refractivity contribution in [3.63, 3.8) is 0 Å². The number of benzene rings is 3. The predicted molar refractivity (Wildman–Crippen MR) is 109 cm³/mol. The predicted octanol–water partition coefficient (Wildman–Crippen LogP) is 3.58. The van der Waals surface area contributed by atoms with Crippen LogP contribution < -0.4 is 5.32 Å². The van der Waals surface area contributed by atoms with Gasteiger partial charge in [-0.05, 0) is 17.7 Å². The number of esters is 1. The maximum atomic E-state index is 12.8. The number of oxime groups is 1. The van der Waals surface area contributed by atoms with Crippen molar-refractivity contribution >= 4 is 17.6 Å². The summed E-state index contributed by atoms with van der Waals surface area (Å²) in [5.74, 6) is -1.05. The highest BCUT2D eigenvalue weighted by Crippen LogP contribution is 2.16. The van der Waals surface area contributed by atoms with Gasteiger partial charge < -0.3 is 15.3 Å². The molecule has 6 nitrogen and oxygen atoms in total. The molecule has 3 aromatic carbocycles. The van der Waals surface area contributed by atoms with Gasteiger partial charge in [0.1, 0.15) is 12.3 Å². The van der Waals surface area contributed by atoms with Crippen LogP contribution in [-0.2, 0) is 9.53 Å². The van der Waals surface area contributed by atoms with E-state index in [1.54, 1.807) is 78.9 Å². The summed E-state index contributed by atoms with van der Waals surface area (Å²) in [4.78, 5) is 25.4. The zero-order valence-electron chi connectivity index (χ0n) is 15.6. The first-order valence-corrected chi connectivity index (χ1v) is 9.03. The van der Waals surface area contributed by atoms with Crippen molar-refractivity contribution in [2.75, 3.05) is 6.61 Å². The molecule has 0 spiro atoms. The first kappa shape index (κ1) is 19.8. The van der Waals surface area contributed by atoms with E-state index in [9.17, 15) is 14.8 Å². The van der Waals surface area contributed by atoms with Crippen LogP contribution in [0.2, 0.25) is 0 Å². The second kappa shape index (κ2) is 9.85. The highest BCUT2D eigenvalue weighted by Gasteiger charge is 2.25. The lowest BCUT2D eigenvalue weighted by Gasteiger charge is -2.18. The van der Waals surface area contributed by atoms with Crippen LogP contribution >= 0.6 is 0 Å². The van der Waals surface area contributed by atoms with E-state index in [0.717, 1.165) is 0 Å². The molecular weight excluding hydrogens is 368 g/mol. The van der Waals surface area contributed by atoms with E-state index >= 15 is 0 Å². The molecular formula is C23H20N2O4. The number of ether oxygens (including phenoxy) is 1. The lowest BCUT2D eigenvalue weighted by Crippen LogP contribution is -2.35. The Morgan fingerprint density at radius 2 is 1.34 bits per heavy atom. The number of carbonyl (C=O) groups is 2. The van der Waals surface area contributed by atoms with Crippen molar-refractivity contribution < 1.29 is 19.5 Å². The normalized spacial score (nSPS) is 12.1. The molecule has 146 valence electrons. The van der Waals surface area contributed by atoms with Crippen molar-refractivity contribution in [1.82, 2.24) is 5.32 Å². The molecule has 0 saturated heterocycles. The van der Waals surface area contributed by atoms with Crippen LogP contribution in [0.1, 0.15) is 27.5 Å². The monoisotopic (exact) mass is 388 g/mol. The average molecular weight is 388 g/mol. The van der Waals surface area contributed by atoms with Crippen molar-refractivity contribution in [2.45, 2.75) is 6.04 Å². The highest BCUT2D eigenvalue weighted by atomic mass is 16.5. The number of rotatable bonds is 7. The summed E-state index contributed by atoms with van der Waals surface area (Å²) in [7, 11) is 0. The van der Waals surface area contributed by atoms with Gasteiger partial charge in [0.25, 0.3) is 5.91 Å². The van der Waals surface area contributed by atoms with Crippen molar-refractivity contribution in [1.29, 1.82) is 0 Å². The van der Waals surface area contributed by atoms with Crippen molar-refractivity contribution in [3.8, 4) is 0 Å². The average Bonchev–Trinajstić information content (AvgIpc) is 2.79. The molecule has 0 aliphatic heterocycles. The van der Waals surface area contributed by atoms with E-state index < -0.39 is 17.9 Å². The largest absolute Gasteiger partial charge is 0.457 e. The molecule has 1 amide bonds. The van der Waals surface area contributed by atoms with Gasteiger partial charge in [0.2, 0.25) is 0 Å². The van der Waals surface area contributed by atoms with E-state index in [2.05, 4.69) is 10.5 Å². The number of hydrogen-bond donors (Lipinski definition) is 2. The smallest absolute Gasteiger partial charge is 0.333 e. The van der Waals surface area contributed by atoms with Gasteiger partial charge in [-0.2, -0.15) is 0 Å². The SMILES string of the molecule is O=C(N[C@@H](C(=O)OCC(=NO)c1ccccc1)c1ccccc1)c1ccccc1. The zero-order valence-corrected chi connectivity index (χ0v) is 15.6. The Hall–Kier alpha value is -3.93. The quantitative estimate of drug-likeness (QED) is 0.280. The van der Waals surface area contributed by atoms with E-state index in [0.29, 0.717) is 16.7 Å². The number of hydrogen-bond acceptors (Lipinski definition) is 5. The lowest BCUT2D eigenvalue weighted by molar-refractivity contribution is -0.144. The minimum Gasteiger partial charge on any atom is -0.457 e. The van der Waals surface area contributed by atoms with Crippen LogP contribution in [0.25, 0.3) is 0 Å². The summed E-state index contributed by atoms with van der Waals surface area (Å²) < 4.78 is 5.36. The van der Waals surface area contributed by atoms with Crippen LogP contribution in [0.15, 0.2) is 96.2 Å². The van der Waals surface area contributed by atoms with Crippen LogP contribution in [0, 0.1) is 0 Å². The number of nitrogens with zero attached hydrogens (tertiary/aromatic N) is 1. The highest BCUT2D eigenvalue weighted by molar-refractivity contribution is 6.02. The van der Waals surface area contributed by atoms with Gasteiger partial charge >= 0.3 is 5.97 Å². The number of nitrogens with one attached hydrogen (secondary N) is 1. The summed E-state index contributed by atoms with van der Waals surface area (Å²) in [6.07, 6.45) is 0. The van der Waals surface area contributed by atoms with Gasteiger partial charge in [-0.1, -0.05) is 84.0 Å². The number of amides is 1. The topological polar surface area (TPSA) is 88.0 Å². The van der Waals surface area contributed by atoms with Crippen molar-refractivity contribution in [2.24, 2.45) is 5.16 Å². The van der Waals surface area contributed by atoms with Crippen molar-refractivity contribution in [3.05, 3.63) is 108 Å². The second-order valence-electron chi connectivity index (χ2n) is 6.20. The van der Waals surface area contributed by atoms with E-state index in [1.807, 2.05) is 12.1 Å². The molecule has 0 aliphatic carbocycles. The van der Waals surface area contributed by atoms with Crippen LogP contribution in [0.5, 0.6) is 0 Å². The third-order valence-corrected chi connectivity index (χ3v) is 4.26. The molecule has 0 aliphatic rings. The zero-order chi connectivity index (χ0) is 20.5. The van der Waals surface area contributed by atoms with Gasteiger partial charge in [-0.3, -0.25) is 4.79 Å². The second-order valence-corrected chi connectivity index (χ2v) is 6.20. The maximum absolute atomic E-state index is 12.8. The molecule has 0 saturated carbocycles. The summed E-state index contributed by atoms with van der Waals surface area (Å²) in [5.41, 5.74) is 1.86. The summed E-state index contributed by atoms with van der Waals surface area (Å²) in [6, 6.07) is 25.3. The molecule has 0 heterocycles. The van der Waals surface area contributed by atoms with E-state index in [-0.39, 0.29) is 12.3 Å². The van der Waals surface area contributed by atoms with Crippen LogP contribution in [0.3, 0.4) is 0 Å². The minimum absolute atomic E-state index is 0.208. The maximum Gasteiger partial charge on any atom is 0.333 e. The molecule has 0 bridgehead atoms. The Bertz CT molecular complexity index is 974. The Balaban J connectivity index is 1.75. The Morgan fingerprint density at radius 3 is 1.90 bits per heavy atom. The lowest BCUT2D eigenvalue weighted by atomic mass is 10.1. The summed E-state index contributed by atoms with van der Waals surface area (Å²) in [6.45, 7) is -0.232. The molecule has 0 aromatic heterocycles. The minimum atomic E-state index is -1.00. The van der Waals surface area contributed by atoms with E-state index in [4.69, 9.17) is 4.74 Å². The molecule has 0 unspecified atom stereocenters. The molecule has 29 heavy (non-hydrogen) atoms. The van der Waals surface area contributed by atoms with Gasteiger partial charge in [-0.15, -0.1) is 0 Å². The molecule has 3 aromatic rings. The third kappa shape index (κ3) is 5.29. The van der Waals surface area contributed by atoms with Gasteiger partial charge in [0.05, 0.1) is 0 Å².